The van der Waals surface area contributed by atoms with Crippen LogP contribution in [0.1, 0.15) is 11.1 Å². The molecule has 0 radical (unpaired) electrons. The number of ether oxygens (including phenoxy) is 1. The third-order valence-corrected chi connectivity index (χ3v) is 6.76. The predicted molar refractivity (Wildman–Crippen MR) is 173 cm³/mol. The molecule has 8 nitrogen and oxygen atoms in total. The molecule has 0 atom stereocenters. The molecule has 0 aliphatic heterocycles. The molecule has 0 aromatic heterocycles. The van der Waals surface area contributed by atoms with Crippen LogP contribution in [0.5, 0.6) is 17.2 Å². The van der Waals surface area contributed by atoms with Gasteiger partial charge in [-0.3, -0.25) is 0 Å². The molecule has 0 saturated carbocycles. The summed E-state index contributed by atoms with van der Waals surface area (Å²) in [6.45, 7) is 4.01. The van der Waals surface area contributed by atoms with Crippen LogP contribution in [0.4, 0.5) is 28.4 Å². The number of phenolic OH excluding ortho intramolecular Hbond substituents is 2. The van der Waals surface area contributed by atoms with Crippen molar-refractivity contribution in [2.24, 2.45) is 20.5 Å². The number of anilines is 1. The first-order chi connectivity index (χ1) is 20.8. The average Bonchev–Trinajstić information content (AvgIpc) is 3.01. The molecule has 0 unspecified atom stereocenters. The third-order valence-electron chi connectivity index (χ3n) is 6.76. The van der Waals surface area contributed by atoms with Crippen molar-refractivity contribution in [1.82, 2.24) is 0 Å². The van der Waals surface area contributed by atoms with E-state index in [0.29, 0.717) is 34.2 Å². The number of nitrogens with two attached hydrogens (primary N) is 1. The first-order valence-corrected chi connectivity index (χ1v) is 13.6. The summed E-state index contributed by atoms with van der Waals surface area (Å²) < 4.78 is 5.25. The number of hydrogen-bond acceptors (Lipinski definition) is 8. The van der Waals surface area contributed by atoms with E-state index in [9.17, 15) is 10.2 Å². The van der Waals surface area contributed by atoms with Crippen LogP contribution in [0.25, 0.3) is 21.5 Å². The monoisotopic (exact) mass is 569 g/mol. The van der Waals surface area contributed by atoms with Crippen molar-refractivity contribution in [3.8, 4) is 17.2 Å². The zero-order valence-electron chi connectivity index (χ0n) is 24.1. The maximum absolute atomic E-state index is 10.1. The summed E-state index contributed by atoms with van der Waals surface area (Å²) in [6, 6.07) is 33.5. The van der Waals surface area contributed by atoms with Crippen LogP contribution in [-0.2, 0) is 0 Å². The molecule has 6 rings (SSSR count). The van der Waals surface area contributed by atoms with Gasteiger partial charge in [-0.2, -0.15) is 5.11 Å². The van der Waals surface area contributed by atoms with Crippen molar-refractivity contribution < 1.29 is 14.9 Å². The largest absolute Gasteiger partial charge is 0.506 e. The van der Waals surface area contributed by atoms with Crippen molar-refractivity contribution in [3.63, 3.8) is 0 Å². The van der Waals surface area contributed by atoms with Crippen molar-refractivity contribution >= 4 is 50.0 Å². The Morgan fingerprint density at radius 1 is 0.581 bits per heavy atom. The molecule has 8 heteroatoms. The van der Waals surface area contributed by atoms with E-state index in [2.05, 4.69) is 20.5 Å². The Bertz CT molecular complexity index is 1960. The second-order valence-corrected chi connectivity index (χ2v) is 9.98. The molecule has 0 fully saturated rings. The van der Waals surface area contributed by atoms with Gasteiger partial charge in [0.25, 0.3) is 0 Å². The minimum Gasteiger partial charge on any atom is -0.506 e. The lowest BCUT2D eigenvalue weighted by atomic mass is 10.1. The molecule has 0 saturated heterocycles. The van der Waals surface area contributed by atoms with E-state index in [1.54, 1.807) is 43.5 Å². The number of para-hydroxylation sites is 1. The van der Waals surface area contributed by atoms with Gasteiger partial charge in [-0.15, -0.1) is 15.3 Å². The van der Waals surface area contributed by atoms with Crippen molar-refractivity contribution in [2.75, 3.05) is 12.8 Å². The van der Waals surface area contributed by atoms with Gasteiger partial charge in [-0.05, 0) is 85.3 Å². The Morgan fingerprint density at radius 3 is 1.65 bits per heavy atom. The van der Waals surface area contributed by atoms with Crippen LogP contribution in [0.2, 0.25) is 0 Å². The number of phenols is 2. The Hall–Kier alpha value is -5.76. The number of rotatable bonds is 5. The lowest BCUT2D eigenvalue weighted by molar-refractivity contribution is 0.416. The highest BCUT2D eigenvalue weighted by Gasteiger charge is 2.08. The Kier molecular flexibility index (Phi) is 8.58. The van der Waals surface area contributed by atoms with Crippen LogP contribution in [0, 0.1) is 13.8 Å². The summed E-state index contributed by atoms with van der Waals surface area (Å²) in [4.78, 5) is 0. The quantitative estimate of drug-likeness (QED) is 0.141. The Morgan fingerprint density at radius 2 is 1.09 bits per heavy atom. The zero-order valence-corrected chi connectivity index (χ0v) is 24.1. The number of azo groups is 2. The molecular weight excluding hydrogens is 538 g/mol. The molecule has 43 heavy (non-hydrogen) atoms. The molecule has 0 amide bonds. The number of benzene rings is 6. The summed E-state index contributed by atoms with van der Waals surface area (Å²) >= 11 is 0. The molecule has 0 aliphatic rings. The predicted octanol–water partition coefficient (Wildman–Crippen LogP) is 10.1. The highest BCUT2D eigenvalue weighted by atomic mass is 16.5. The number of nitrogens with zero attached hydrogens (tertiary/aromatic N) is 4. The molecule has 0 heterocycles. The van der Waals surface area contributed by atoms with E-state index in [0.717, 1.165) is 32.7 Å². The first-order valence-electron chi connectivity index (χ1n) is 13.6. The maximum Gasteiger partial charge on any atom is 0.146 e. The number of fused-ring (bicyclic) bond motifs is 2. The standard InChI is InChI=1S/C18H16N2O2.C17H15N3O/c1-12-7-8-13-9-10-16(21)18(14(13)11-12)20-19-15-5-3-4-6-17(15)22-2;1-11-2-3-12-4-9-16(21)17(15(12)10-11)20-19-14-7-5-13(18)6-8-14/h3-11,21H,1-2H3;2-10,21H,18H2,1H3. The van der Waals surface area contributed by atoms with E-state index < -0.39 is 0 Å². The maximum atomic E-state index is 10.1. The number of methoxy groups -OCH3 is 1. The Balaban J connectivity index is 0.000000171. The molecule has 214 valence electrons. The summed E-state index contributed by atoms with van der Waals surface area (Å²) in [7, 11) is 1.59. The molecule has 4 N–H and O–H groups in total. The molecule has 0 bridgehead atoms. The highest BCUT2D eigenvalue weighted by molar-refractivity contribution is 5.96. The van der Waals surface area contributed by atoms with E-state index in [-0.39, 0.29) is 11.5 Å². The van der Waals surface area contributed by atoms with Crippen LogP contribution in [-0.4, -0.2) is 17.3 Å². The summed E-state index contributed by atoms with van der Waals surface area (Å²) in [6.07, 6.45) is 0. The van der Waals surface area contributed by atoms with E-state index in [1.165, 1.54) is 0 Å². The molecule has 0 aliphatic carbocycles. The second-order valence-electron chi connectivity index (χ2n) is 9.98. The van der Waals surface area contributed by atoms with E-state index in [1.807, 2.05) is 86.6 Å². The van der Waals surface area contributed by atoms with Gasteiger partial charge < -0.3 is 20.7 Å². The minimum absolute atomic E-state index is 0.108. The van der Waals surface area contributed by atoms with Crippen LogP contribution in [0.15, 0.2) is 130 Å². The topological polar surface area (TPSA) is 125 Å². The third kappa shape index (κ3) is 6.77. The van der Waals surface area contributed by atoms with E-state index >= 15 is 0 Å². The van der Waals surface area contributed by atoms with Crippen LogP contribution < -0.4 is 10.5 Å². The molecular formula is C35H31N5O3. The van der Waals surface area contributed by atoms with Gasteiger partial charge in [-0.1, -0.05) is 59.7 Å². The Labute approximate surface area is 249 Å². The van der Waals surface area contributed by atoms with Crippen molar-refractivity contribution in [3.05, 3.63) is 120 Å². The highest BCUT2D eigenvalue weighted by Crippen LogP contribution is 2.38. The SMILES string of the molecule is COc1ccccc1N=Nc1c(O)ccc2ccc(C)cc12.Cc1ccc2ccc(O)c(N=Nc3ccc(N)cc3)c2c1. The fourth-order valence-electron chi connectivity index (χ4n) is 4.49. The normalized spacial score (nSPS) is 11.2. The van der Waals surface area contributed by atoms with Gasteiger partial charge in [0.1, 0.15) is 34.3 Å². The average molecular weight is 570 g/mol. The summed E-state index contributed by atoms with van der Waals surface area (Å²) in [5.41, 5.74) is 10.8. The minimum atomic E-state index is 0.108. The van der Waals surface area contributed by atoms with Gasteiger partial charge in [0, 0.05) is 16.5 Å². The number of aryl methyl sites for hydroxylation is 2. The van der Waals surface area contributed by atoms with Gasteiger partial charge >= 0.3 is 0 Å². The molecule has 6 aromatic rings. The molecule has 6 aromatic carbocycles. The fraction of sp³-hybridized carbons (Fsp3) is 0.0857. The lowest BCUT2D eigenvalue weighted by Gasteiger charge is -2.06. The van der Waals surface area contributed by atoms with Gasteiger partial charge in [-0.25, -0.2) is 0 Å². The number of aromatic hydroxyl groups is 2. The molecule has 0 spiro atoms. The van der Waals surface area contributed by atoms with Crippen molar-refractivity contribution in [2.45, 2.75) is 13.8 Å². The fourth-order valence-corrected chi connectivity index (χ4v) is 4.49. The zero-order chi connectivity index (χ0) is 30.3. The number of hydrogen-bond donors (Lipinski definition) is 3. The van der Waals surface area contributed by atoms with E-state index in [4.69, 9.17) is 10.5 Å². The van der Waals surface area contributed by atoms with Crippen LogP contribution >= 0.6 is 0 Å². The van der Waals surface area contributed by atoms with Crippen LogP contribution in [0.3, 0.4) is 0 Å². The lowest BCUT2D eigenvalue weighted by Crippen LogP contribution is -1.82. The van der Waals surface area contributed by atoms with Gasteiger partial charge in [0.05, 0.1) is 12.8 Å². The second kappa shape index (κ2) is 12.8. The van der Waals surface area contributed by atoms with Gasteiger partial charge in [0.2, 0.25) is 0 Å². The summed E-state index contributed by atoms with van der Waals surface area (Å²) in [5, 5.41) is 40.8. The van der Waals surface area contributed by atoms with Gasteiger partial charge in [0.15, 0.2) is 0 Å². The number of nitrogen functional groups attached to an aromatic ring is 1. The van der Waals surface area contributed by atoms with Crippen molar-refractivity contribution in [1.29, 1.82) is 0 Å². The first kappa shape index (κ1) is 28.8. The smallest absolute Gasteiger partial charge is 0.146 e. The summed E-state index contributed by atoms with van der Waals surface area (Å²) in [5.74, 6) is 0.867.